The van der Waals surface area contributed by atoms with Gasteiger partial charge >= 0.3 is 0 Å². The molecule has 0 aliphatic rings. The first-order valence-corrected chi connectivity index (χ1v) is 18.1. The van der Waals surface area contributed by atoms with E-state index in [0.29, 0.717) is 0 Å². The third-order valence-corrected chi connectivity index (χ3v) is 8.91. The molecule has 0 aliphatic carbocycles. The highest BCUT2D eigenvalue weighted by Gasteiger charge is 2.05. The molecule has 0 rings (SSSR count). The maximum Gasteiger partial charge on any atom is -0.0417 e. The molecule has 0 aromatic rings. The average molecular weight is 520 g/mol. The molecule has 0 heterocycles. The van der Waals surface area contributed by atoms with Gasteiger partial charge in [-0.1, -0.05) is 233 Å². The number of unbranched alkanes of at least 4 members (excludes halogenated alkanes) is 28. The average Bonchev–Trinajstić information content (AvgIpc) is 2.92. The van der Waals surface area contributed by atoms with Gasteiger partial charge in [-0.2, -0.15) is 0 Å². The van der Waals surface area contributed by atoms with Crippen LogP contribution in [0, 0.1) is 12.8 Å². The molecule has 0 heteroatoms. The molecule has 0 aromatic heterocycles. The molecule has 1 radical (unpaired) electrons. The van der Waals surface area contributed by atoms with Gasteiger partial charge < -0.3 is 0 Å². The summed E-state index contributed by atoms with van der Waals surface area (Å²) in [7, 11) is 0. The highest BCUT2D eigenvalue weighted by Crippen LogP contribution is 2.21. The summed E-state index contributed by atoms with van der Waals surface area (Å²) in [6.07, 6.45) is 48.2. The van der Waals surface area contributed by atoms with Crippen molar-refractivity contribution < 1.29 is 0 Å². The molecule has 0 nitrogen and oxygen atoms in total. The Kier molecular flexibility index (Phi) is 34.0. The highest BCUT2D eigenvalue weighted by atomic mass is 14.1. The van der Waals surface area contributed by atoms with E-state index in [-0.39, 0.29) is 0 Å². The molecule has 1 atom stereocenters. The fraction of sp³-hybridized carbons (Fsp3) is 0.973. The molecule has 1 unspecified atom stereocenters. The highest BCUT2D eigenvalue weighted by molar-refractivity contribution is 4.59. The Hall–Kier alpha value is 0. The third kappa shape index (κ3) is 32.1. The first kappa shape index (κ1) is 37.0. The van der Waals surface area contributed by atoms with Gasteiger partial charge in [0.2, 0.25) is 0 Å². The summed E-state index contributed by atoms with van der Waals surface area (Å²) in [6.45, 7) is 8.67. The normalized spacial score (nSPS) is 12.4. The van der Waals surface area contributed by atoms with Gasteiger partial charge in [-0.05, 0) is 5.92 Å². The zero-order valence-electron chi connectivity index (χ0n) is 26.6. The lowest BCUT2D eigenvalue weighted by molar-refractivity contribution is 0.402. The van der Waals surface area contributed by atoms with Gasteiger partial charge in [-0.3, -0.25) is 0 Å². The van der Waals surface area contributed by atoms with E-state index in [1.54, 1.807) is 0 Å². The largest absolute Gasteiger partial charge is 0.0654 e. The predicted molar refractivity (Wildman–Crippen MR) is 173 cm³/mol. The second-order valence-electron chi connectivity index (χ2n) is 12.6. The number of hydrogen-bond acceptors (Lipinski definition) is 0. The van der Waals surface area contributed by atoms with Gasteiger partial charge in [0, 0.05) is 0 Å². The molecule has 0 aromatic carbocycles. The van der Waals surface area contributed by atoms with E-state index in [9.17, 15) is 0 Å². The van der Waals surface area contributed by atoms with Crippen LogP contribution in [-0.4, -0.2) is 0 Å². The Bertz CT molecular complexity index is 372. The lowest BCUT2D eigenvalue weighted by Gasteiger charge is -2.13. The fourth-order valence-corrected chi connectivity index (χ4v) is 6.09. The zero-order chi connectivity index (χ0) is 26.9. The summed E-state index contributed by atoms with van der Waals surface area (Å²) in [5.41, 5.74) is 0. The van der Waals surface area contributed by atoms with Gasteiger partial charge in [-0.15, -0.1) is 0 Å². The van der Waals surface area contributed by atoms with Crippen LogP contribution in [-0.2, 0) is 0 Å². The molecular formula is C37H75. The van der Waals surface area contributed by atoms with Crippen molar-refractivity contribution in [3.8, 4) is 0 Å². The molecule has 0 saturated heterocycles. The maximum absolute atomic E-state index is 3.99. The van der Waals surface area contributed by atoms with E-state index in [1.807, 2.05) is 0 Å². The predicted octanol–water partition coefficient (Wildman–Crippen LogP) is 14.3. The molecule has 0 saturated carbocycles. The Balaban J connectivity index is 3.08. The van der Waals surface area contributed by atoms with Crippen LogP contribution in [0.25, 0.3) is 0 Å². The van der Waals surface area contributed by atoms with Crippen LogP contribution in [0.15, 0.2) is 0 Å². The van der Waals surface area contributed by atoms with Crippen molar-refractivity contribution in [1.29, 1.82) is 0 Å². The fourth-order valence-electron chi connectivity index (χ4n) is 6.09. The number of rotatable bonds is 33. The van der Waals surface area contributed by atoms with Gasteiger partial charge in [-0.25, -0.2) is 0 Å². The van der Waals surface area contributed by atoms with E-state index < -0.39 is 0 Å². The van der Waals surface area contributed by atoms with Crippen LogP contribution in [0.2, 0.25) is 0 Å². The summed E-state index contributed by atoms with van der Waals surface area (Å²) in [5, 5.41) is 0. The Morgan fingerprint density at radius 2 is 0.568 bits per heavy atom. The number of hydrogen-bond donors (Lipinski definition) is 0. The lowest BCUT2D eigenvalue weighted by Crippen LogP contribution is -1.98. The van der Waals surface area contributed by atoms with Crippen molar-refractivity contribution in [3.63, 3.8) is 0 Å². The van der Waals surface area contributed by atoms with Gasteiger partial charge in [0.25, 0.3) is 0 Å². The SMILES string of the molecule is [CH2]CCCC(CC)CCCCCCCCCCCCCCCCCCCCCCCCCCCCCC. The standard InChI is InChI=1S/C37H75/c1-4-7-9-10-11-12-13-14-15-16-17-18-19-20-21-22-23-24-25-26-27-28-29-30-31-32-33-34-36-37(6-3)35-8-5-2/h37H,2,4-36H2,1,3H3. The smallest absolute Gasteiger partial charge is 0.0417 e. The van der Waals surface area contributed by atoms with Crippen LogP contribution < -0.4 is 0 Å². The summed E-state index contributed by atoms with van der Waals surface area (Å²) >= 11 is 0. The molecule has 0 spiro atoms. The van der Waals surface area contributed by atoms with Crippen LogP contribution in [0.3, 0.4) is 0 Å². The van der Waals surface area contributed by atoms with Crippen LogP contribution in [0.4, 0.5) is 0 Å². The van der Waals surface area contributed by atoms with Crippen molar-refractivity contribution in [3.05, 3.63) is 6.92 Å². The van der Waals surface area contributed by atoms with Crippen molar-refractivity contribution in [2.75, 3.05) is 0 Å². The van der Waals surface area contributed by atoms with Crippen molar-refractivity contribution in [2.45, 2.75) is 226 Å². The van der Waals surface area contributed by atoms with Gasteiger partial charge in [0.15, 0.2) is 0 Å². The van der Waals surface area contributed by atoms with Crippen molar-refractivity contribution in [2.24, 2.45) is 5.92 Å². The van der Waals surface area contributed by atoms with E-state index in [4.69, 9.17) is 0 Å². The Labute approximate surface area is 238 Å². The van der Waals surface area contributed by atoms with E-state index in [2.05, 4.69) is 20.8 Å². The summed E-state index contributed by atoms with van der Waals surface area (Å²) in [6, 6.07) is 0. The molecular weight excluding hydrogens is 444 g/mol. The Morgan fingerprint density at radius 3 is 0.811 bits per heavy atom. The second kappa shape index (κ2) is 34.0. The van der Waals surface area contributed by atoms with Gasteiger partial charge in [0.1, 0.15) is 0 Å². The molecule has 0 amide bonds. The maximum atomic E-state index is 3.99. The first-order valence-electron chi connectivity index (χ1n) is 18.1. The molecule has 0 fully saturated rings. The monoisotopic (exact) mass is 520 g/mol. The molecule has 0 N–H and O–H groups in total. The molecule has 223 valence electrons. The summed E-state index contributed by atoms with van der Waals surface area (Å²) in [4.78, 5) is 0. The second-order valence-corrected chi connectivity index (χ2v) is 12.6. The minimum absolute atomic E-state index is 0.978. The molecule has 0 bridgehead atoms. The van der Waals surface area contributed by atoms with Crippen molar-refractivity contribution >= 4 is 0 Å². The van der Waals surface area contributed by atoms with Crippen LogP contribution >= 0.6 is 0 Å². The van der Waals surface area contributed by atoms with E-state index in [1.165, 1.54) is 205 Å². The summed E-state index contributed by atoms with van der Waals surface area (Å²) < 4.78 is 0. The quantitative estimate of drug-likeness (QED) is 0.0756. The zero-order valence-corrected chi connectivity index (χ0v) is 26.6. The molecule has 37 heavy (non-hydrogen) atoms. The molecule has 0 aliphatic heterocycles. The lowest BCUT2D eigenvalue weighted by atomic mass is 9.93. The van der Waals surface area contributed by atoms with E-state index >= 15 is 0 Å². The van der Waals surface area contributed by atoms with Crippen molar-refractivity contribution in [1.82, 2.24) is 0 Å². The van der Waals surface area contributed by atoms with Crippen LogP contribution in [0.1, 0.15) is 226 Å². The Morgan fingerprint density at radius 1 is 0.324 bits per heavy atom. The van der Waals surface area contributed by atoms with Gasteiger partial charge in [0.05, 0.1) is 0 Å². The van der Waals surface area contributed by atoms with E-state index in [0.717, 1.165) is 12.3 Å². The first-order chi connectivity index (χ1) is 18.3. The topological polar surface area (TPSA) is 0 Å². The van der Waals surface area contributed by atoms with Crippen LogP contribution in [0.5, 0.6) is 0 Å². The summed E-state index contributed by atoms with van der Waals surface area (Å²) in [5.74, 6) is 0.978. The minimum atomic E-state index is 0.978. The minimum Gasteiger partial charge on any atom is -0.0654 e. The third-order valence-electron chi connectivity index (χ3n) is 8.91.